The van der Waals surface area contributed by atoms with Gasteiger partial charge in [-0.1, -0.05) is 84.9 Å². The van der Waals surface area contributed by atoms with E-state index in [1.165, 1.54) is 21.5 Å². The molecule has 0 atom stereocenters. The molecule has 0 aliphatic heterocycles. The molecular formula is C50H31N3O2. The molecule has 0 spiro atoms. The molecule has 0 radical (unpaired) electrons. The summed E-state index contributed by atoms with van der Waals surface area (Å²) >= 11 is 0. The van der Waals surface area contributed by atoms with Crippen molar-refractivity contribution >= 4 is 71.6 Å². The number of rotatable bonds is 6. The molecule has 0 aliphatic carbocycles. The molecule has 5 heteroatoms. The zero-order valence-electron chi connectivity index (χ0n) is 30.5. The quantitative estimate of drug-likeness (QED) is 0.161. The molecule has 0 N–H and O–H groups in total. The van der Waals surface area contributed by atoms with Crippen molar-refractivity contribution in [3.05, 3.63) is 188 Å². The van der Waals surface area contributed by atoms with Gasteiger partial charge in [-0.3, -0.25) is 0 Å². The van der Waals surface area contributed by atoms with Crippen LogP contribution in [0.3, 0.4) is 0 Å². The molecule has 9 aromatic carbocycles. The number of fused-ring (bicyclic) bond motifs is 5. The molecule has 0 unspecified atom stereocenters. The number of oxazole rings is 2. The molecule has 0 bridgehead atoms. The van der Waals surface area contributed by atoms with Crippen molar-refractivity contribution in [2.24, 2.45) is 0 Å². The molecule has 5 nitrogen and oxygen atoms in total. The second-order valence-electron chi connectivity index (χ2n) is 13.8. The predicted molar refractivity (Wildman–Crippen MR) is 225 cm³/mol. The van der Waals surface area contributed by atoms with E-state index in [4.69, 9.17) is 18.8 Å². The molecule has 0 saturated carbocycles. The summed E-state index contributed by atoms with van der Waals surface area (Å²) < 4.78 is 21.6. The highest BCUT2D eigenvalue weighted by molar-refractivity contribution is 6.06. The van der Waals surface area contributed by atoms with Crippen LogP contribution < -0.4 is 4.90 Å². The fraction of sp³-hybridized carbons (Fsp3) is 0. The third-order valence-corrected chi connectivity index (χ3v) is 10.4. The van der Waals surface area contributed by atoms with Gasteiger partial charge in [0.15, 0.2) is 11.2 Å². The summed E-state index contributed by atoms with van der Waals surface area (Å²) in [5.74, 6) is 1.14. The van der Waals surface area contributed by atoms with Gasteiger partial charge >= 0.3 is 0 Å². The van der Waals surface area contributed by atoms with Gasteiger partial charge in [-0.2, -0.15) is 0 Å². The minimum absolute atomic E-state index is 0.446. The largest absolute Gasteiger partial charge is 0.436 e. The number of hydrogen-bond donors (Lipinski definition) is 0. The van der Waals surface area contributed by atoms with Gasteiger partial charge in [0.1, 0.15) is 11.0 Å². The van der Waals surface area contributed by atoms with Crippen molar-refractivity contribution in [2.45, 2.75) is 0 Å². The fourth-order valence-corrected chi connectivity index (χ4v) is 7.62. The summed E-state index contributed by atoms with van der Waals surface area (Å²) in [6.45, 7) is 0. The zero-order valence-corrected chi connectivity index (χ0v) is 29.5. The van der Waals surface area contributed by atoms with Gasteiger partial charge in [0.25, 0.3) is 0 Å². The third kappa shape index (κ3) is 5.49. The van der Waals surface area contributed by atoms with E-state index >= 15 is 0 Å². The average Bonchev–Trinajstić information content (AvgIpc) is 3.89. The number of para-hydroxylation sites is 4. The molecule has 2 heterocycles. The highest BCUT2D eigenvalue weighted by Gasteiger charge is 2.17. The van der Waals surface area contributed by atoms with E-state index < -0.39 is 0 Å². The van der Waals surface area contributed by atoms with Gasteiger partial charge < -0.3 is 13.7 Å². The molecule has 0 fully saturated rings. The van der Waals surface area contributed by atoms with Gasteiger partial charge in [-0.15, -0.1) is 0 Å². The summed E-state index contributed by atoms with van der Waals surface area (Å²) in [5.41, 5.74) is 9.87. The number of anilines is 3. The van der Waals surface area contributed by atoms with E-state index in [2.05, 4.69) is 108 Å². The van der Waals surface area contributed by atoms with Crippen LogP contribution in [-0.2, 0) is 0 Å². The van der Waals surface area contributed by atoms with Crippen molar-refractivity contribution in [3.8, 4) is 34.0 Å². The van der Waals surface area contributed by atoms with Crippen LogP contribution in [0.25, 0.3) is 88.6 Å². The van der Waals surface area contributed by atoms with Gasteiger partial charge in [-0.05, 0) is 147 Å². The van der Waals surface area contributed by atoms with Crippen LogP contribution in [0.15, 0.2) is 197 Å². The van der Waals surface area contributed by atoms with Crippen molar-refractivity contribution in [2.75, 3.05) is 4.90 Å². The average molecular weight is 707 g/mol. The monoisotopic (exact) mass is 706 g/mol. The predicted octanol–water partition coefficient (Wildman–Crippen LogP) is 13.9. The Morgan fingerprint density at radius 1 is 0.400 bits per heavy atom. The second kappa shape index (κ2) is 12.6. The van der Waals surface area contributed by atoms with Crippen LogP contribution in [0.2, 0.25) is 0 Å². The fourth-order valence-electron chi connectivity index (χ4n) is 7.62. The van der Waals surface area contributed by atoms with Crippen molar-refractivity contribution in [1.29, 1.82) is 0 Å². The van der Waals surface area contributed by atoms with Gasteiger partial charge in [0.2, 0.25) is 11.8 Å². The van der Waals surface area contributed by atoms with Crippen LogP contribution in [0, 0.1) is 0 Å². The van der Waals surface area contributed by atoms with E-state index in [1.54, 1.807) is 0 Å². The Hall–Kier alpha value is -7.50. The highest BCUT2D eigenvalue weighted by Crippen LogP contribution is 2.40. The molecule has 0 aliphatic rings. The van der Waals surface area contributed by atoms with Crippen molar-refractivity contribution in [1.82, 2.24) is 9.97 Å². The summed E-state index contributed by atoms with van der Waals surface area (Å²) in [6.07, 6.45) is 0. The molecular weight excluding hydrogens is 675 g/mol. The van der Waals surface area contributed by atoms with Crippen LogP contribution in [-0.4, -0.2) is 9.97 Å². The molecule has 11 aromatic rings. The number of benzene rings is 9. The van der Waals surface area contributed by atoms with Crippen molar-refractivity contribution in [3.63, 3.8) is 0 Å². The first kappa shape index (κ1) is 30.0. The molecule has 0 amide bonds. The van der Waals surface area contributed by atoms with Crippen LogP contribution in [0.1, 0.15) is 1.37 Å². The van der Waals surface area contributed by atoms with E-state index in [-0.39, 0.29) is 0 Å². The molecule has 55 heavy (non-hydrogen) atoms. The summed E-state index contributed by atoms with van der Waals surface area (Å²) in [5, 5.41) is 6.70. The Balaban J connectivity index is 1.01. The maximum atomic E-state index is 9.38. The van der Waals surface area contributed by atoms with Gasteiger partial charge in [-0.25, -0.2) is 9.97 Å². The van der Waals surface area contributed by atoms with E-state index in [9.17, 15) is 1.37 Å². The minimum Gasteiger partial charge on any atom is -0.436 e. The van der Waals surface area contributed by atoms with Crippen molar-refractivity contribution < 1.29 is 10.2 Å². The molecule has 11 rings (SSSR count). The number of hydrogen-bond acceptors (Lipinski definition) is 5. The SMILES string of the molecule is [2H]c1cc(N(c2ccc(-c3nc4ccccc4o3)cc2)c2ccc(-c3nc4ccccc4o3)cc2)cc2ccc(-c3cccc4cc5ccccc5cc34)cc12. The van der Waals surface area contributed by atoms with Crippen LogP contribution in [0.5, 0.6) is 0 Å². The van der Waals surface area contributed by atoms with E-state index in [1.807, 2.05) is 78.9 Å². The number of nitrogens with zero attached hydrogens (tertiary/aromatic N) is 3. The van der Waals surface area contributed by atoms with E-state index in [0.29, 0.717) is 17.8 Å². The normalized spacial score (nSPS) is 11.9. The topological polar surface area (TPSA) is 55.3 Å². The Kier molecular flexibility index (Phi) is 6.86. The lowest BCUT2D eigenvalue weighted by Gasteiger charge is -2.26. The lowest BCUT2D eigenvalue weighted by Crippen LogP contribution is -2.09. The Labute approximate surface area is 317 Å². The smallest absolute Gasteiger partial charge is 0.227 e. The first-order valence-electron chi connectivity index (χ1n) is 18.8. The number of aromatic nitrogens is 2. The Morgan fingerprint density at radius 2 is 0.945 bits per heavy atom. The summed E-state index contributed by atoms with van der Waals surface area (Å²) in [7, 11) is 0. The summed E-state index contributed by atoms with van der Waals surface area (Å²) in [4.78, 5) is 11.6. The molecule has 258 valence electrons. The van der Waals surface area contributed by atoms with Crippen LogP contribution in [0.4, 0.5) is 17.1 Å². The minimum atomic E-state index is 0.446. The highest BCUT2D eigenvalue weighted by atomic mass is 16.4. The molecule has 2 aromatic heterocycles. The standard InChI is InChI=1S/C50H31N3O2/c1-2-9-35-31-44-38(28-34(35)8-1)10-7-11-43(44)39-17-16-37-30-42(27-22-36(37)29-39)53(40-23-18-32(19-24-40)49-51-45-12-3-5-14-47(45)54-49)41-25-20-33(21-26-41)50-52-46-13-4-6-15-48(46)55-50/h1-31H/i22D. The maximum Gasteiger partial charge on any atom is 0.227 e. The lowest BCUT2D eigenvalue weighted by atomic mass is 9.94. The second-order valence-corrected chi connectivity index (χ2v) is 13.8. The van der Waals surface area contributed by atoms with Gasteiger partial charge in [0.05, 0.1) is 1.37 Å². The Bertz CT molecular complexity index is 3090. The first-order valence-corrected chi connectivity index (χ1v) is 18.3. The summed E-state index contributed by atoms with van der Waals surface area (Å²) in [6, 6.07) is 62.5. The van der Waals surface area contributed by atoms with E-state index in [0.717, 1.165) is 72.3 Å². The van der Waals surface area contributed by atoms with Gasteiger partial charge in [0, 0.05) is 28.2 Å². The molecule has 0 saturated heterocycles. The zero-order chi connectivity index (χ0) is 37.2. The third-order valence-electron chi connectivity index (χ3n) is 10.4. The van der Waals surface area contributed by atoms with Crippen LogP contribution >= 0.6 is 0 Å². The Morgan fingerprint density at radius 3 is 1.58 bits per heavy atom. The maximum absolute atomic E-state index is 9.38. The lowest BCUT2D eigenvalue weighted by molar-refractivity contribution is 0.619. The first-order chi connectivity index (χ1) is 27.6.